The van der Waals surface area contributed by atoms with Gasteiger partial charge in [-0.3, -0.25) is 14.4 Å². The van der Waals surface area contributed by atoms with Crippen molar-refractivity contribution >= 4 is 17.9 Å². The third-order valence-electron chi connectivity index (χ3n) is 16.4. The molecule has 1 atom stereocenters. The Kier molecular flexibility index (Phi) is 67.1. The van der Waals surface area contributed by atoms with Crippen LogP contribution in [0.25, 0.3) is 0 Å². The first-order valence-electron chi connectivity index (χ1n) is 36.0. The van der Waals surface area contributed by atoms with Gasteiger partial charge in [-0.15, -0.1) is 0 Å². The molecule has 0 heterocycles. The van der Waals surface area contributed by atoms with Gasteiger partial charge in [0, 0.05) is 19.3 Å². The summed E-state index contributed by atoms with van der Waals surface area (Å²) < 4.78 is 16.9. The molecular weight excluding hydrogens is 985 g/mol. The molecule has 0 bridgehead atoms. The number of hydrogen-bond donors (Lipinski definition) is 0. The van der Waals surface area contributed by atoms with Crippen LogP contribution in [0.1, 0.15) is 400 Å². The second kappa shape index (κ2) is 69.1. The molecule has 0 aromatic heterocycles. The van der Waals surface area contributed by atoms with Crippen LogP contribution in [0.2, 0.25) is 0 Å². The lowest BCUT2D eigenvalue weighted by molar-refractivity contribution is -0.167. The fourth-order valence-corrected chi connectivity index (χ4v) is 10.9. The molecular formula is C74H138O6. The van der Waals surface area contributed by atoms with Crippen LogP contribution in [-0.2, 0) is 28.6 Å². The van der Waals surface area contributed by atoms with Crippen LogP contribution in [0.5, 0.6) is 0 Å². The van der Waals surface area contributed by atoms with E-state index in [1.807, 2.05) is 0 Å². The van der Waals surface area contributed by atoms with E-state index in [-0.39, 0.29) is 31.1 Å². The monoisotopic (exact) mass is 1120 g/mol. The lowest BCUT2D eigenvalue weighted by Crippen LogP contribution is -2.30. The SMILES string of the molecule is CCCCC/C=C\C/C=C\CCCCCCCC(=O)OC(COC(=O)CCCCCCC/C=C\CCCCCCC)COC(=O)CCCCCCCCCCCCCCCCCCCCCCCCCCCCCCCCCCC. The Morgan fingerprint density at radius 2 is 0.450 bits per heavy atom. The summed E-state index contributed by atoms with van der Waals surface area (Å²) >= 11 is 0. The summed E-state index contributed by atoms with van der Waals surface area (Å²) in [6.45, 7) is 6.65. The van der Waals surface area contributed by atoms with Gasteiger partial charge in [-0.2, -0.15) is 0 Å². The predicted molar refractivity (Wildman–Crippen MR) is 349 cm³/mol. The summed E-state index contributed by atoms with van der Waals surface area (Å²) in [6.07, 6.45) is 86.3. The van der Waals surface area contributed by atoms with Gasteiger partial charge in [0.25, 0.3) is 0 Å². The maximum atomic E-state index is 12.9. The first kappa shape index (κ1) is 77.6. The minimum Gasteiger partial charge on any atom is -0.462 e. The molecule has 6 heteroatoms. The number of allylic oxidation sites excluding steroid dienone is 6. The third kappa shape index (κ3) is 66.4. The third-order valence-corrected chi connectivity index (χ3v) is 16.4. The number of ether oxygens (including phenoxy) is 3. The Morgan fingerprint density at radius 3 is 0.725 bits per heavy atom. The summed E-state index contributed by atoms with van der Waals surface area (Å²) in [5.41, 5.74) is 0. The van der Waals surface area contributed by atoms with E-state index in [1.54, 1.807) is 0 Å². The van der Waals surface area contributed by atoms with Crippen LogP contribution < -0.4 is 0 Å². The van der Waals surface area contributed by atoms with Crippen LogP contribution in [0.3, 0.4) is 0 Å². The topological polar surface area (TPSA) is 78.9 Å². The normalized spacial score (nSPS) is 12.2. The minimum absolute atomic E-state index is 0.0764. The van der Waals surface area contributed by atoms with Crippen LogP contribution in [-0.4, -0.2) is 37.2 Å². The fourth-order valence-electron chi connectivity index (χ4n) is 10.9. The fraction of sp³-hybridized carbons (Fsp3) is 0.878. The summed E-state index contributed by atoms with van der Waals surface area (Å²) in [4.78, 5) is 38.3. The molecule has 0 aromatic carbocycles. The van der Waals surface area contributed by atoms with Crippen LogP contribution in [0.15, 0.2) is 36.5 Å². The van der Waals surface area contributed by atoms with E-state index in [0.29, 0.717) is 19.3 Å². The van der Waals surface area contributed by atoms with E-state index in [9.17, 15) is 14.4 Å². The Bertz CT molecular complexity index is 1340. The zero-order valence-corrected chi connectivity index (χ0v) is 54.1. The summed E-state index contributed by atoms with van der Waals surface area (Å²) in [7, 11) is 0. The van der Waals surface area contributed by atoms with Crippen LogP contribution in [0, 0.1) is 0 Å². The number of carbonyl (C=O) groups excluding carboxylic acids is 3. The van der Waals surface area contributed by atoms with Crippen molar-refractivity contribution < 1.29 is 28.6 Å². The average molecular weight is 1120 g/mol. The first-order chi connectivity index (χ1) is 39.5. The molecule has 0 aromatic rings. The van der Waals surface area contributed by atoms with Gasteiger partial charge in [0.05, 0.1) is 0 Å². The summed E-state index contributed by atoms with van der Waals surface area (Å²) in [6, 6.07) is 0. The summed E-state index contributed by atoms with van der Waals surface area (Å²) in [5.74, 6) is -0.875. The number of esters is 3. The standard InChI is InChI=1S/C74H138O6/c1-4-7-10-13-16-19-22-25-28-29-30-31-32-33-34-35-36-37-38-39-40-41-42-43-44-45-47-49-52-55-58-61-64-67-73(76)79-70-71(69-78-72(75)66-63-60-57-54-51-48-27-24-21-18-15-12-9-6-3)80-74(77)68-65-62-59-56-53-50-46-26-23-20-17-14-11-8-5-2/h17,20,24,26-27,46,71H,4-16,18-19,21-23,25,28-45,47-70H2,1-3H3/b20-17-,27-24-,46-26-. The molecule has 0 saturated carbocycles. The first-order valence-corrected chi connectivity index (χ1v) is 36.0. The predicted octanol–water partition coefficient (Wildman–Crippen LogP) is 24.7. The van der Waals surface area contributed by atoms with Crippen molar-refractivity contribution in [3.8, 4) is 0 Å². The van der Waals surface area contributed by atoms with Crippen LogP contribution in [0.4, 0.5) is 0 Å². The van der Waals surface area contributed by atoms with E-state index in [0.717, 1.165) is 89.9 Å². The molecule has 0 amide bonds. The lowest BCUT2D eigenvalue weighted by atomic mass is 10.0. The van der Waals surface area contributed by atoms with Crippen LogP contribution >= 0.6 is 0 Å². The highest BCUT2D eigenvalue weighted by atomic mass is 16.6. The number of unbranched alkanes of at least 4 members (excludes halogenated alkanes) is 50. The lowest BCUT2D eigenvalue weighted by Gasteiger charge is -2.18. The number of hydrogen-bond acceptors (Lipinski definition) is 6. The van der Waals surface area contributed by atoms with Crippen molar-refractivity contribution in [1.82, 2.24) is 0 Å². The molecule has 6 nitrogen and oxygen atoms in total. The Morgan fingerprint density at radius 1 is 0.250 bits per heavy atom. The van der Waals surface area contributed by atoms with Gasteiger partial charge in [0.15, 0.2) is 6.10 Å². The molecule has 80 heavy (non-hydrogen) atoms. The molecule has 470 valence electrons. The number of rotatable bonds is 67. The molecule has 0 radical (unpaired) electrons. The summed E-state index contributed by atoms with van der Waals surface area (Å²) in [5, 5.41) is 0. The molecule has 0 N–H and O–H groups in total. The van der Waals surface area contributed by atoms with Crippen molar-refractivity contribution in [2.75, 3.05) is 13.2 Å². The average Bonchev–Trinajstić information content (AvgIpc) is 3.46. The second-order valence-electron chi connectivity index (χ2n) is 24.5. The van der Waals surface area contributed by atoms with E-state index in [4.69, 9.17) is 14.2 Å². The molecule has 0 aliphatic carbocycles. The van der Waals surface area contributed by atoms with Crippen molar-refractivity contribution in [2.24, 2.45) is 0 Å². The van der Waals surface area contributed by atoms with Gasteiger partial charge in [0.2, 0.25) is 0 Å². The molecule has 0 aliphatic rings. The quantitative estimate of drug-likeness (QED) is 0.0261. The van der Waals surface area contributed by atoms with Crippen molar-refractivity contribution in [2.45, 2.75) is 406 Å². The largest absolute Gasteiger partial charge is 0.462 e. The van der Waals surface area contributed by atoms with E-state index < -0.39 is 6.10 Å². The molecule has 0 fully saturated rings. The Labute approximate surface area is 499 Å². The Hall–Kier alpha value is -2.37. The Balaban J connectivity index is 4.09. The van der Waals surface area contributed by atoms with E-state index >= 15 is 0 Å². The van der Waals surface area contributed by atoms with Gasteiger partial charge in [-0.25, -0.2) is 0 Å². The maximum Gasteiger partial charge on any atom is 0.306 e. The molecule has 0 rings (SSSR count). The minimum atomic E-state index is -0.782. The second-order valence-corrected chi connectivity index (χ2v) is 24.5. The molecule has 0 aliphatic heterocycles. The highest BCUT2D eigenvalue weighted by Crippen LogP contribution is 2.19. The van der Waals surface area contributed by atoms with E-state index in [2.05, 4.69) is 57.2 Å². The van der Waals surface area contributed by atoms with Crippen molar-refractivity contribution in [3.05, 3.63) is 36.5 Å². The maximum absolute atomic E-state index is 12.9. The molecule has 0 saturated heterocycles. The zero-order valence-electron chi connectivity index (χ0n) is 54.1. The molecule has 0 spiro atoms. The highest BCUT2D eigenvalue weighted by molar-refractivity contribution is 5.71. The smallest absolute Gasteiger partial charge is 0.306 e. The highest BCUT2D eigenvalue weighted by Gasteiger charge is 2.19. The van der Waals surface area contributed by atoms with Gasteiger partial charge < -0.3 is 14.2 Å². The van der Waals surface area contributed by atoms with Crippen molar-refractivity contribution in [3.63, 3.8) is 0 Å². The van der Waals surface area contributed by atoms with Crippen molar-refractivity contribution in [1.29, 1.82) is 0 Å². The zero-order chi connectivity index (χ0) is 57.8. The van der Waals surface area contributed by atoms with Gasteiger partial charge in [-0.05, 0) is 77.0 Å². The van der Waals surface area contributed by atoms with Gasteiger partial charge in [0.1, 0.15) is 13.2 Å². The van der Waals surface area contributed by atoms with Gasteiger partial charge >= 0.3 is 17.9 Å². The van der Waals surface area contributed by atoms with Gasteiger partial charge in [-0.1, -0.05) is 340 Å². The van der Waals surface area contributed by atoms with E-state index in [1.165, 1.54) is 270 Å². The number of carbonyl (C=O) groups is 3. The molecule has 1 unspecified atom stereocenters.